The molecule has 0 radical (unpaired) electrons. The third-order valence-corrected chi connectivity index (χ3v) is 3.89. The number of hydrogen-bond donors (Lipinski definition) is 1. The van der Waals surface area contributed by atoms with Gasteiger partial charge in [-0.25, -0.2) is 4.79 Å². The van der Waals surface area contributed by atoms with Gasteiger partial charge in [0, 0.05) is 6.61 Å². The predicted octanol–water partition coefficient (Wildman–Crippen LogP) is 6.79. The van der Waals surface area contributed by atoms with Gasteiger partial charge in [-0.1, -0.05) is 74.6 Å². The van der Waals surface area contributed by atoms with Crippen LogP contribution >= 0.6 is 0 Å². The maximum atomic E-state index is 10.8. The van der Waals surface area contributed by atoms with Crippen LogP contribution in [0.3, 0.4) is 0 Å². The van der Waals surface area contributed by atoms with Gasteiger partial charge in [-0.05, 0) is 57.8 Å². The summed E-state index contributed by atoms with van der Waals surface area (Å²) in [4.78, 5) is 10.8. The van der Waals surface area contributed by atoms with Crippen molar-refractivity contribution in [3.05, 3.63) is 60.8 Å². The van der Waals surface area contributed by atoms with E-state index < -0.39 is 12.1 Å². The second kappa shape index (κ2) is 20.4. The first-order valence-corrected chi connectivity index (χ1v) is 10.3. The molecule has 0 aliphatic rings. The molecule has 1 N–H and O–H groups in total. The molecule has 3 nitrogen and oxygen atoms in total. The van der Waals surface area contributed by atoms with Crippen molar-refractivity contribution in [1.29, 1.82) is 0 Å². The molecule has 3 heteroatoms. The number of carboxylic acid groups (broad SMARTS) is 1. The molecule has 0 spiro atoms. The lowest BCUT2D eigenvalue weighted by molar-refractivity contribution is -0.150. The quantitative estimate of drug-likeness (QED) is 0.225. The minimum atomic E-state index is -0.865. The fourth-order valence-corrected chi connectivity index (χ4v) is 2.32. The van der Waals surface area contributed by atoms with Crippen molar-refractivity contribution in [2.75, 3.05) is 6.61 Å². The van der Waals surface area contributed by atoms with Gasteiger partial charge in [0.2, 0.25) is 0 Å². The third-order valence-electron chi connectivity index (χ3n) is 3.89. The number of ether oxygens (including phenoxy) is 1. The van der Waals surface area contributed by atoms with Gasteiger partial charge in [-0.15, -0.1) is 0 Å². The summed E-state index contributed by atoms with van der Waals surface area (Å²) in [6, 6.07) is 0. The van der Waals surface area contributed by atoms with E-state index in [0.717, 1.165) is 51.4 Å². The molecule has 0 bridgehead atoms. The highest BCUT2D eigenvalue weighted by atomic mass is 16.5. The Bertz CT molecular complexity index is 484. The Kier molecular flexibility index (Phi) is 19.0. The lowest BCUT2D eigenvalue weighted by Gasteiger charge is -2.10. The fraction of sp³-hybridized carbons (Fsp3) is 0.542. The van der Waals surface area contributed by atoms with E-state index in [0.29, 0.717) is 13.0 Å². The van der Waals surface area contributed by atoms with Crippen LogP contribution in [-0.2, 0) is 9.53 Å². The summed E-state index contributed by atoms with van der Waals surface area (Å²) in [6.07, 6.45) is 29.9. The topological polar surface area (TPSA) is 46.5 Å². The van der Waals surface area contributed by atoms with Gasteiger partial charge in [0.1, 0.15) is 0 Å². The first kappa shape index (κ1) is 25.1. The Labute approximate surface area is 166 Å². The van der Waals surface area contributed by atoms with Crippen molar-refractivity contribution in [3.63, 3.8) is 0 Å². The second-order valence-electron chi connectivity index (χ2n) is 6.31. The molecule has 0 aromatic rings. The van der Waals surface area contributed by atoms with Crippen LogP contribution < -0.4 is 0 Å². The fourth-order valence-electron chi connectivity index (χ4n) is 2.32. The van der Waals surface area contributed by atoms with Crippen LogP contribution in [0.5, 0.6) is 0 Å². The molecule has 0 amide bonds. The molecule has 1 atom stereocenters. The zero-order chi connectivity index (χ0) is 20.0. The summed E-state index contributed by atoms with van der Waals surface area (Å²) in [5.74, 6) is -0.865. The van der Waals surface area contributed by atoms with E-state index in [1.165, 1.54) is 0 Å². The number of carboxylic acids is 1. The molecule has 1 unspecified atom stereocenters. The van der Waals surface area contributed by atoms with Crippen LogP contribution in [0.15, 0.2) is 60.8 Å². The van der Waals surface area contributed by atoms with Crippen LogP contribution in [0, 0.1) is 0 Å². The number of rotatable bonds is 17. The van der Waals surface area contributed by atoms with Crippen molar-refractivity contribution in [3.8, 4) is 0 Å². The predicted molar refractivity (Wildman–Crippen MR) is 116 cm³/mol. The van der Waals surface area contributed by atoms with Gasteiger partial charge in [0.25, 0.3) is 0 Å². The molecule has 0 fully saturated rings. The van der Waals surface area contributed by atoms with E-state index in [1.54, 1.807) is 0 Å². The monoisotopic (exact) mass is 374 g/mol. The molecular formula is C24H38O3. The van der Waals surface area contributed by atoms with E-state index in [9.17, 15) is 4.79 Å². The van der Waals surface area contributed by atoms with E-state index in [4.69, 9.17) is 9.84 Å². The highest BCUT2D eigenvalue weighted by molar-refractivity contribution is 5.72. The third kappa shape index (κ3) is 18.7. The molecule has 152 valence electrons. The minimum Gasteiger partial charge on any atom is -0.479 e. The lowest BCUT2D eigenvalue weighted by Crippen LogP contribution is -2.23. The largest absolute Gasteiger partial charge is 0.479 e. The minimum absolute atomic E-state index is 0.518. The first-order chi connectivity index (χ1) is 13.2. The molecule has 0 aromatic carbocycles. The summed E-state index contributed by atoms with van der Waals surface area (Å²) in [6.45, 7) is 4.50. The molecule has 0 aromatic heterocycles. The Morgan fingerprint density at radius 2 is 1.26 bits per heavy atom. The number of carbonyl (C=O) groups is 1. The Hall–Kier alpha value is -1.87. The van der Waals surface area contributed by atoms with Crippen molar-refractivity contribution in [2.45, 2.75) is 77.7 Å². The van der Waals surface area contributed by atoms with Gasteiger partial charge in [0.05, 0.1) is 0 Å². The van der Waals surface area contributed by atoms with Crippen molar-refractivity contribution >= 4 is 5.97 Å². The zero-order valence-corrected chi connectivity index (χ0v) is 17.2. The SMILES string of the molecule is CC/C=C\C/C=C\CC=CCC=CC/C=C\CCCCOC(CC)C(=O)O. The lowest BCUT2D eigenvalue weighted by atomic mass is 10.2. The summed E-state index contributed by atoms with van der Waals surface area (Å²) in [7, 11) is 0. The van der Waals surface area contributed by atoms with Crippen molar-refractivity contribution < 1.29 is 14.6 Å². The Morgan fingerprint density at radius 1 is 0.778 bits per heavy atom. The maximum absolute atomic E-state index is 10.8. The van der Waals surface area contributed by atoms with E-state index in [-0.39, 0.29) is 0 Å². The first-order valence-electron chi connectivity index (χ1n) is 10.3. The van der Waals surface area contributed by atoms with Gasteiger partial charge >= 0.3 is 5.97 Å². The van der Waals surface area contributed by atoms with Crippen LogP contribution in [0.2, 0.25) is 0 Å². The molecular weight excluding hydrogens is 336 g/mol. The average Bonchev–Trinajstić information content (AvgIpc) is 2.66. The molecule has 0 aliphatic heterocycles. The van der Waals surface area contributed by atoms with Gasteiger partial charge in [0.15, 0.2) is 6.10 Å². The number of unbranched alkanes of at least 4 members (excludes halogenated alkanes) is 2. The summed E-state index contributed by atoms with van der Waals surface area (Å²) in [5, 5.41) is 8.87. The van der Waals surface area contributed by atoms with Gasteiger partial charge in [-0.2, -0.15) is 0 Å². The Morgan fingerprint density at radius 3 is 1.70 bits per heavy atom. The summed E-state index contributed by atoms with van der Waals surface area (Å²) in [5.41, 5.74) is 0. The molecule has 0 rings (SSSR count). The highest BCUT2D eigenvalue weighted by Crippen LogP contribution is 2.03. The Balaban J connectivity index is 3.51. The number of hydrogen-bond acceptors (Lipinski definition) is 2. The standard InChI is InChI=1S/C24H38O3/c1-3-5-6-7-8-9-10-11-12-13-14-15-16-17-18-19-20-21-22-27-23(4-2)24(25)26/h5-6,8-9,11-12,14-15,17-18,23H,3-4,7,10,13,16,19-22H2,1-2H3,(H,25,26)/b6-5-,9-8-,12-11?,15-14?,18-17-. The maximum Gasteiger partial charge on any atom is 0.332 e. The summed E-state index contributed by atoms with van der Waals surface area (Å²) >= 11 is 0. The van der Waals surface area contributed by atoms with Crippen molar-refractivity contribution in [2.24, 2.45) is 0 Å². The summed E-state index contributed by atoms with van der Waals surface area (Å²) < 4.78 is 5.33. The average molecular weight is 375 g/mol. The molecule has 0 heterocycles. The smallest absolute Gasteiger partial charge is 0.332 e. The molecule has 0 aliphatic carbocycles. The highest BCUT2D eigenvalue weighted by Gasteiger charge is 2.14. The second-order valence-corrected chi connectivity index (χ2v) is 6.31. The van der Waals surface area contributed by atoms with Crippen LogP contribution in [0.1, 0.15) is 71.6 Å². The van der Waals surface area contributed by atoms with Crippen molar-refractivity contribution in [1.82, 2.24) is 0 Å². The van der Waals surface area contributed by atoms with Crippen LogP contribution in [0.25, 0.3) is 0 Å². The number of allylic oxidation sites excluding steroid dienone is 10. The van der Waals surface area contributed by atoms with E-state index in [1.807, 2.05) is 6.92 Å². The van der Waals surface area contributed by atoms with E-state index in [2.05, 4.69) is 67.7 Å². The van der Waals surface area contributed by atoms with Gasteiger partial charge < -0.3 is 9.84 Å². The van der Waals surface area contributed by atoms with Gasteiger partial charge in [-0.3, -0.25) is 0 Å². The van der Waals surface area contributed by atoms with Crippen LogP contribution in [-0.4, -0.2) is 23.8 Å². The molecule has 27 heavy (non-hydrogen) atoms. The van der Waals surface area contributed by atoms with Crippen LogP contribution in [0.4, 0.5) is 0 Å². The molecule has 0 saturated heterocycles. The van der Waals surface area contributed by atoms with E-state index >= 15 is 0 Å². The normalized spacial score (nSPS) is 13.9. The molecule has 0 saturated carbocycles. The number of aliphatic carboxylic acids is 1. The zero-order valence-electron chi connectivity index (χ0n) is 17.2.